The largest absolute Gasteiger partial charge is 0.339 e. The molecule has 0 spiro atoms. The van der Waals surface area contributed by atoms with Gasteiger partial charge in [-0.2, -0.15) is 0 Å². The van der Waals surface area contributed by atoms with Crippen LogP contribution in [0.25, 0.3) is 0 Å². The molecule has 0 saturated heterocycles. The highest BCUT2D eigenvalue weighted by Gasteiger charge is 2.22. The zero-order valence-corrected chi connectivity index (χ0v) is 9.98. The second kappa shape index (κ2) is 5.21. The van der Waals surface area contributed by atoms with Crippen molar-refractivity contribution in [2.24, 2.45) is 0 Å². The van der Waals surface area contributed by atoms with Gasteiger partial charge in [0.25, 0.3) is 5.91 Å². The molecule has 17 heavy (non-hydrogen) atoms. The number of carbonyl (C=O) groups excluding carboxylic acids is 1. The second-order valence-corrected chi connectivity index (χ2v) is 3.64. The molecule has 0 aliphatic heterocycles. The van der Waals surface area contributed by atoms with Crippen LogP contribution < -0.4 is 0 Å². The van der Waals surface area contributed by atoms with Crippen LogP contribution in [-0.4, -0.2) is 23.9 Å². The van der Waals surface area contributed by atoms with E-state index in [0.29, 0.717) is 19.2 Å². The molecule has 0 aromatic heterocycles. The van der Waals surface area contributed by atoms with Crippen molar-refractivity contribution >= 4 is 5.91 Å². The molecule has 0 N–H and O–H groups in total. The molecule has 0 heterocycles. The molecule has 0 fully saturated rings. The standard InChI is InChI=1S/C12H14F3NO/c1-4-16(5-2)12(17)8-6-9(13)11(15)7(3)10(8)14/h6H,4-5H2,1-3H3. The Morgan fingerprint density at radius 2 is 1.71 bits per heavy atom. The van der Waals surface area contributed by atoms with Crippen molar-refractivity contribution in [3.63, 3.8) is 0 Å². The summed E-state index contributed by atoms with van der Waals surface area (Å²) in [6.07, 6.45) is 0. The minimum absolute atomic E-state index is 0.382. The fraction of sp³-hybridized carbons (Fsp3) is 0.417. The Balaban J connectivity index is 3.28. The van der Waals surface area contributed by atoms with Crippen molar-refractivity contribution < 1.29 is 18.0 Å². The highest BCUT2D eigenvalue weighted by atomic mass is 19.2. The molecule has 1 rings (SSSR count). The van der Waals surface area contributed by atoms with E-state index in [2.05, 4.69) is 0 Å². The number of hydrogen-bond acceptors (Lipinski definition) is 1. The Morgan fingerprint density at radius 3 is 2.18 bits per heavy atom. The molecule has 0 aliphatic carbocycles. The third-order valence-corrected chi connectivity index (χ3v) is 2.66. The fourth-order valence-electron chi connectivity index (χ4n) is 1.57. The Hall–Kier alpha value is -1.52. The molecule has 1 amide bonds. The van der Waals surface area contributed by atoms with E-state index < -0.39 is 34.5 Å². The number of hydrogen-bond donors (Lipinski definition) is 0. The van der Waals surface area contributed by atoms with E-state index in [1.165, 1.54) is 4.90 Å². The quantitative estimate of drug-likeness (QED) is 0.750. The van der Waals surface area contributed by atoms with Crippen LogP contribution in [0.1, 0.15) is 29.8 Å². The van der Waals surface area contributed by atoms with E-state index in [4.69, 9.17) is 0 Å². The van der Waals surface area contributed by atoms with E-state index in [0.717, 1.165) is 6.92 Å². The van der Waals surface area contributed by atoms with E-state index in [9.17, 15) is 18.0 Å². The predicted octanol–water partition coefficient (Wildman–Crippen LogP) is 2.89. The van der Waals surface area contributed by atoms with Crippen LogP contribution in [0.3, 0.4) is 0 Å². The van der Waals surface area contributed by atoms with Gasteiger partial charge in [-0.15, -0.1) is 0 Å². The molecule has 0 atom stereocenters. The van der Waals surface area contributed by atoms with E-state index in [-0.39, 0.29) is 0 Å². The fourth-order valence-corrected chi connectivity index (χ4v) is 1.57. The van der Waals surface area contributed by atoms with Crippen LogP contribution in [0.4, 0.5) is 13.2 Å². The number of rotatable bonds is 3. The molecule has 5 heteroatoms. The van der Waals surface area contributed by atoms with Gasteiger partial charge in [-0.25, -0.2) is 13.2 Å². The lowest BCUT2D eigenvalue weighted by Gasteiger charge is -2.19. The van der Waals surface area contributed by atoms with Crippen molar-refractivity contribution in [1.29, 1.82) is 0 Å². The molecule has 94 valence electrons. The lowest BCUT2D eigenvalue weighted by Crippen LogP contribution is -2.31. The van der Waals surface area contributed by atoms with E-state index in [1.54, 1.807) is 13.8 Å². The second-order valence-electron chi connectivity index (χ2n) is 3.64. The minimum atomic E-state index is -1.25. The number of nitrogens with zero attached hydrogens (tertiary/aromatic N) is 1. The summed E-state index contributed by atoms with van der Waals surface area (Å²) in [7, 11) is 0. The maximum atomic E-state index is 13.7. The van der Waals surface area contributed by atoms with Crippen LogP contribution in [0.5, 0.6) is 0 Å². The minimum Gasteiger partial charge on any atom is -0.339 e. The predicted molar refractivity (Wildman–Crippen MR) is 58.3 cm³/mol. The van der Waals surface area contributed by atoms with Crippen LogP contribution in [0, 0.1) is 24.4 Å². The summed E-state index contributed by atoms with van der Waals surface area (Å²) in [5.74, 6) is -4.09. The van der Waals surface area contributed by atoms with Gasteiger partial charge in [0.1, 0.15) is 5.82 Å². The van der Waals surface area contributed by atoms with Gasteiger partial charge >= 0.3 is 0 Å². The highest BCUT2D eigenvalue weighted by molar-refractivity contribution is 5.94. The summed E-state index contributed by atoms with van der Waals surface area (Å²) in [5, 5.41) is 0. The first-order valence-corrected chi connectivity index (χ1v) is 5.37. The molecule has 0 unspecified atom stereocenters. The molecule has 1 aromatic rings. The Morgan fingerprint density at radius 1 is 1.18 bits per heavy atom. The van der Waals surface area contributed by atoms with E-state index in [1.807, 2.05) is 0 Å². The van der Waals surface area contributed by atoms with Crippen molar-refractivity contribution in [3.05, 3.63) is 34.6 Å². The van der Waals surface area contributed by atoms with Gasteiger partial charge in [-0.05, 0) is 26.8 Å². The van der Waals surface area contributed by atoms with Crippen molar-refractivity contribution in [2.45, 2.75) is 20.8 Å². The van der Waals surface area contributed by atoms with Crippen molar-refractivity contribution in [3.8, 4) is 0 Å². The number of amides is 1. The maximum absolute atomic E-state index is 13.7. The maximum Gasteiger partial charge on any atom is 0.256 e. The molecule has 0 radical (unpaired) electrons. The lowest BCUT2D eigenvalue weighted by molar-refractivity contribution is 0.0767. The average molecular weight is 245 g/mol. The summed E-state index contributed by atoms with van der Waals surface area (Å²) in [6.45, 7) is 5.32. The van der Waals surface area contributed by atoms with Gasteiger partial charge in [0.05, 0.1) is 5.56 Å². The molecule has 2 nitrogen and oxygen atoms in total. The number of benzene rings is 1. The molecule has 0 aliphatic rings. The molecular formula is C12H14F3NO. The number of halogens is 3. The molecule has 0 saturated carbocycles. The van der Waals surface area contributed by atoms with Crippen LogP contribution in [-0.2, 0) is 0 Å². The zero-order valence-electron chi connectivity index (χ0n) is 9.98. The molecule has 0 bridgehead atoms. The van der Waals surface area contributed by atoms with Crippen molar-refractivity contribution in [2.75, 3.05) is 13.1 Å². The monoisotopic (exact) mass is 245 g/mol. The van der Waals surface area contributed by atoms with Gasteiger partial charge < -0.3 is 4.90 Å². The summed E-state index contributed by atoms with van der Waals surface area (Å²) < 4.78 is 39.9. The average Bonchev–Trinajstić information content (AvgIpc) is 2.32. The highest BCUT2D eigenvalue weighted by Crippen LogP contribution is 2.20. The SMILES string of the molecule is CCN(CC)C(=O)c1cc(F)c(F)c(C)c1F. The van der Waals surface area contributed by atoms with Crippen LogP contribution in [0.2, 0.25) is 0 Å². The van der Waals surface area contributed by atoms with Crippen molar-refractivity contribution in [1.82, 2.24) is 4.90 Å². The summed E-state index contributed by atoms with van der Waals surface area (Å²) in [4.78, 5) is 13.2. The number of carbonyl (C=O) groups is 1. The van der Waals surface area contributed by atoms with Gasteiger partial charge in [0.15, 0.2) is 11.6 Å². The first-order valence-electron chi connectivity index (χ1n) is 5.37. The van der Waals surface area contributed by atoms with Gasteiger partial charge in [0.2, 0.25) is 0 Å². The first-order chi connectivity index (χ1) is 7.93. The van der Waals surface area contributed by atoms with E-state index >= 15 is 0 Å². The van der Waals surface area contributed by atoms with Crippen LogP contribution >= 0.6 is 0 Å². The third kappa shape index (κ3) is 2.43. The smallest absolute Gasteiger partial charge is 0.256 e. The molecular weight excluding hydrogens is 231 g/mol. The summed E-state index contributed by atoms with van der Waals surface area (Å²) in [6, 6.07) is 0.609. The van der Waals surface area contributed by atoms with Gasteiger partial charge in [-0.1, -0.05) is 0 Å². The topological polar surface area (TPSA) is 20.3 Å². The Labute approximate surface area is 98.0 Å². The summed E-state index contributed by atoms with van der Waals surface area (Å²) in [5.41, 5.74) is -0.898. The van der Waals surface area contributed by atoms with Crippen LogP contribution in [0.15, 0.2) is 6.07 Å². The van der Waals surface area contributed by atoms with Gasteiger partial charge in [-0.3, -0.25) is 4.79 Å². The zero-order chi connectivity index (χ0) is 13.2. The Bertz CT molecular complexity index is 442. The normalized spacial score (nSPS) is 10.5. The summed E-state index contributed by atoms with van der Waals surface area (Å²) >= 11 is 0. The molecule has 1 aromatic carbocycles. The Kier molecular flexibility index (Phi) is 4.15. The first kappa shape index (κ1) is 13.5. The van der Waals surface area contributed by atoms with Gasteiger partial charge in [0, 0.05) is 18.7 Å². The third-order valence-electron chi connectivity index (χ3n) is 2.66. The lowest BCUT2D eigenvalue weighted by atomic mass is 10.1.